The topological polar surface area (TPSA) is 30.7 Å². The molecule has 0 radical (unpaired) electrons. The first-order valence-electron chi connectivity index (χ1n) is 4.91. The van der Waals surface area contributed by atoms with E-state index >= 15 is 0 Å². The van der Waals surface area contributed by atoms with Crippen molar-refractivity contribution >= 4 is 27.0 Å². The molecule has 1 aromatic heterocycles. The fraction of sp³-hybridized carbons (Fsp3) is 0. The van der Waals surface area contributed by atoms with E-state index in [2.05, 4.69) is 26.2 Å². The highest BCUT2D eigenvalue weighted by molar-refractivity contribution is 9.10. The maximum Gasteiger partial charge on any atom is 0.113 e. The number of nitrogens with zero attached hydrogens (tertiary/aromatic N) is 3. The van der Waals surface area contributed by atoms with Crippen LogP contribution in [0.3, 0.4) is 0 Å². The summed E-state index contributed by atoms with van der Waals surface area (Å²) in [5.74, 6) is 0. The molecule has 78 valence electrons. The lowest BCUT2D eigenvalue weighted by Gasteiger charge is -2.03. The van der Waals surface area contributed by atoms with Crippen LogP contribution in [0.5, 0.6) is 0 Å². The predicted octanol–water partition coefficient (Wildman–Crippen LogP) is 3.18. The molecule has 0 fully saturated rings. The quantitative estimate of drug-likeness (QED) is 0.682. The second-order valence-corrected chi connectivity index (χ2v) is 4.30. The Balaban J connectivity index is 2.31. The molecule has 4 heteroatoms. The molecule has 1 heterocycles. The Kier molecular flexibility index (Phi) is 2.22. The molecule has 0 amide bonds. The van der Waals surface area contributed by atoms with Gasteiger partial charge in [0.25, 0.3) is 0 Å². The van der Waals surface area contributed by atoms with Gasteiger partial charge in [0, 0.05) is 4.47 Å². The van der Waals surface area contributed by atoms with Crippen LogP contribution in [0, 0.1) is 0 Å². The fourth-order valence-corrected chi connectivity index (χ4v) is 2.12. The van der Waals surface area contributed by atoms with Crippen molar-refractivity contribution in [3.05, 3.63) is 53.0 Å². The lowest BCUT2D eigenvalue weighted by Crippen LogP contribution is -1.97. The molecule has 3 rings (SSSR count). The molecular formula is C12H8BrN3. The van der Waals surface area contributed by atoms with E-state index in [1.54, 1.807) is 0 Å². The van der Waals surface area contributed by atoms with Gasteiger partial charge in [-0.3, -0.25) is 0 Å². The number of hydrogen-bond donors (Lipinski definition) is 0. The van der Waals surface area contributed by atoms with Crippen molar-refractivity contribution < 1.29 is 0 Å². The Hall–Kier alpha value is -1.68. The van der Waals surface area contributed by atoms with Gasteiger partial charge < -0.3 is 0 Å². The van der Waals surface area contributed by atoms with Gasteiger partial charge in [-0.05, 0) is 40.2 Å². The number of rotatable bonds is 1. The molecule has 0 unspecified atom stereocenters. The highest BCUT2D eigenvalue weighted by Crippen LogP contribution is 2.22. The predicted molar refractivity (Wildman–Crippen MR) is 66.6 cm³/mol. The van der Waals surface area contributed by atoms with E-state index in [-0.39, 0.29) is 0 Å². The van der Waals surface area contributed by atoms with E-state index in [9.17, 15) is 0 Å². The van der Waals surface area contributed by atoms with Crippen molar-refractivity contribution in [1.82, 2.24) is 15.0 Å². The van der Waals surface area contributed by atoms with Crippen molar-refractivity contribution in [2.75, 3.05) is 0 Å². The Bertz CT molecular complexity index is 645. The van der Waals surface area contributed by atoms with Gasteiger partial charge >= 0.3 is 0 Å². The largest absolute Gasteiger partial charge is 0.212 e. The molecule has 0 atom stereocenters. The molecule has 3 nitrogen and oxygen atoms in total. The fourth-order valence-electron chi connectivity index (χ4n) is 1.67. The second-order valence-electron chi connectivity index (χ2n) is 3.44. The number of halogens is 1. The van der Waals surface area contributed by atoms with Gasteiger partial charge in [-0.2, -0.15) is 0 Å². The van der Waals surface area contributed by atoms with Gasteiger partial charge in [0.1, 0.15) is 5.52 Å². The van der Waals surface area contributed by atoms with Crippen molar-refractivity contribution in [3.8, 4) is 5.69 Å². The maximum atomic E-state index is 4.16. The molecule has 0 aliphatic carbocycles. The minimum atomic E-state index is 0.901. The first-order valence-corrected chi connectivity index (χ1v) is 5.71. The Morgan fingerprint density at radius 2 is 1.69 bits per heavy atom. The molecular weight excluding hydrogens is 266 g/mol. The third-order valence-corrected chi connectivity index (χ3v) is 3.10. The number of aromatic nitrogens is 3. The van der Waals surface area contributed by atoms with Crippen LogP contribution in [-0.4, -0.2) is 15.0 Å². The lowest BCUT2D eigenvalue weighted by molar-refractivity contribution is 0.821. The minimum Gasteiger partial charge on any atom is -0.212 e. The van der Waals surface area contributed by atoms with Crippen LogP contribution in [0.15, 0.2) is 53.0 Å². The Morgan fingerprint density at radius 3 is 2.56 bits per heavy atom. The molecule has 0 saturated heterocycles. The zero-order chi connectivity index (χ0) is 11.0. The number of hydrogen-bond acceptors (Lipinski definition) is 2. The highest BCUT2D eigenvalue weighted by Gasteiger charge is 2.07. The van der Waals surface area contributed by atoms with Crippen LogP contribution >= 0.6 is 15.9 Å². The zero-order valence-corrected chi connectivity index (χ0v) is 9.92. The SMILES string of the molecule is Brc1ccccc1-n1nnc2ccccc21. The summed E-state index contributed by atoms with van der Waals surface area (Å²) in [5, 5.41) is 8.29. The van der Waals surface area contributed by atoms with Gasteiger partial charge in [-0.1, -0.05) is 29.5 Å². The zero-order valence-electron chi connectivity index (χ0n) is 8.34. The maximum absolute atomic E-state index is 4.16. The van der Waals surface area contributed by atoms with E-state index in [0.717, 1.165) is 21.2 Å². The average Bonchev–Trinajstić information content (AvgIpc) is 2.74. The van der Waals surface area contributed by atoms with Crippen molar-refractivity contribution in [2.24, 2.45) is 0 Å². The summed E-state index contributed by atoms with van der Waals surface area (Å²) in [6.45, 7) is 0. The van der Waals surface area contributed by atoms with Gasteiger partial charge in [-0.25, -0.2) is 4.68 Å². The summed E-state index contributed by atoms with van der Waals surface area (Å²) in [6, 6.07) is 15.9. The van der Waals surface area contributed by atoms with Gasteiger partial charge in [-0.15, -0.1) is 5.10 Å². The van der Waals surface area contributed by atoms with Crippen molar-refractivity contribution in [2.45, 2.75) is 0 Å². The molecule has 0 spiro atoms. The van der Waals surface area contributed by atoms with Gasteiger partial charge in [0.2, 0.25) is 0 Å². The van der Waals surface area contributed by atoms with Crippen molar-refractivity contribution in [3.63, 3.8) is 0 Å². The lowest BCUT2D eigenvalue weighted by atomic mass is 10.3. The third kappa shape index (κ3) is 1.42. The van der Waals surface area contributed by atoms with E-state index in [0.29, 0.717) is 0 Å². The summed E-state index contributed by atoms with van der Waals surface area (Å²) in [7, 11) is 0. The summed E-state index contributed by atoms with van der Waals surface area (Å²) in [6.07, 6.45) is 0. The average molecular weight is 274 g/mol. The number of benzene rings is 2. The Labute approximate surface area is 101 Å². The molecule has 16 heavy (non-hydrogen) atoms. The molecule has 2 aromatic carbocycles. The molecule has 0 aliphatic heterocycles. The monoisotopic (exact) mass is 273 g/mol. The smallest absolute Gasteiger partial charge is 0.113 e. The standard InChI is InChI=1S/C12H8BrN3/c13-9-5-1-3-7-11(9)16-12-8-4-2-6-10(12)14-15-16/h1-8H. The molecule has 0 saturated carbocycles. The van der Waals surface area contributed by atoms with Crippen LogP contribution in [0.4, 0.5) is 0 Å². The summed E-state index contributed by atoms with van der Waals surface area (Å²) >= 11 is 3.51. The summed E-state index contributed by atoms with van der Waals surface area (Å²) in [4.78, 5) is 0. The van der Waals surface area contributed by atoms with Crippen molar-refractivity contribution in [1.29, 1.82) is 0 Å². The van der Waals surface area contributed by atoms with E-state index < -0.39 is 0 Å². The first-order chi connectivity index (χ1) is 7.86. The van der Waals surface area contributed by atoms with E-state index in [4.69, 9.17) is 0 Å². The normalized spacial score (nSPS) is 10.8. The third-order valence-electron chi connectivity index (χ3n) is 2.43. The molecule has 3 aromatic rings. The molecule has 0 aliphatic rings. The number of fused-ring (bicyclic) bond motifs is 1. The summed E-state index contributed by atoms with van der Waals surface area (Å²) < 4.78 is 2.84. The van der Waals surface area contributed by atoms with E-state index in [1.807, 2.05) is 53.2 Å². The second kappa shape index (κ2) is 3.72. The Morgan fingerprint density at radius 1 is 0.938 bits per heavy atom. The molecule has 0 bridgehead atoms. The van der Waals surface area contributed by atoms with E-state index in [1.165, 1.54) is 0 Å². The van der Waals surface area contributed by atoms with Crippen LogP contribution in [0.1, 0.15) is 0 Å². The first kappa shape index (κ1) is 9.54. The molecule has 0 N–H and O–H groups in total. The van der Waals surface area contributed by atoms with Gasteiger partial charge in [0.15, 0.2) is 0 Å². The van der Waals surface area contributed by atoms with Gasteiger partial charge in [0.05, 0.1) is 11.2 Å². The van der Waals surface area contributed by atoms with Crippen LogP contribution < -0.4 is 0 Å². The highest BCUT2D eigenvalue weighted by atomic mass is 79.9. The van der Waals surface area contributed by atoms with Crippen LogP contribution in [0.25, 0.3) is 16.7 Å². The summed E-state index contributed by atoms with van der Waals surface area (Å²) in [5.41, 5.74) is 2.91. The van der Waals surface area contributed by atoms with Crippen LogP contribution in [0.2, 0.25) is 0 Å². The van der Waals surface area contributed by atoms with Crippen LogP contribution in [-0.2, 0) is 0 Å². The minimum absolute atomic E-state index is 0.901. The number of para-hydroxylation sites is 2.